The van der Waals surface area contributed by atoms with Crippen LogP contribution in [0.15, 0.2) is 12.4 Å². The van der Waals surface area contributed by atoms with Crippen LogP contribution in [0.1, 0.15) is 31.9 Å². The van der Waals surface area contributed by atoms with Crippen molar-refractivity contribution in [3.8, 4) is 0 Å². The van der Waals surface area contributed by atoms with Gasteiger partial charge < -0.3 is 0 Å². The smallest absolute Gasteiger partial charge is 0.132 e. The maximum Gasteiger partial charge on any atom is 0.132 e. The number of aryl methyl sites for hydroxylation is 1. The van der Waals surface area contributed by atoms with Crippen molar-refractivity contribution in [2.45, 2.75) is 33.1 Å². The second kappa shape index (κ2) is 2.85. The average Bonchev–Trinajstić information content (AvgIpc) is 1.92. The molecule has 1 nitrogen and oxygen atoms in total. The maximum absolute atomic E-state index is 13.5. The Morgan fingerprint density at radius 1 is 1.25 bits per heavy atom. The first-order valence-corrected chi connectivity index (χ1v) is 4.03. The summed E-state index contributed by atoms with van der Waals surface area (Å²) in [6.07, 6.45) is 3.15. The predicted molar refractivity (Wildman–Crippen MR) is 47.6 cm³/mol. The van der Waals surface area contributed by atoms with E-state index in [0.717, 1.165) is 0 Å². The van der Waals surface area contributed by atoms with E-state index in [1.807, 2.05) is 20.8 Å². The van der Waals surface area contributed by atoms with E-state index in [9.17, 15) is 4.39 Å². The summed E-state index contributed by atoms with van der Waals surface area (Å²) in [5, 5.41) is 0. The summed E-state index contributed by atoms with van der Waals surface area (Å²) in [7, 11) is 0. The first-order chi connectivity index (χ1) is 5.43. The fourth-order valence-corrected chi connectivity index (χ4v) is 1.07. The van der Waals surface area contributed by atoms with Gasteiger partial charge in [0.25, 0.3) is 0 Å². The lowest BCUT2D eigenvalue weighted by Crippen LogP contribution is -2.14. The fraction of sp³-hybridized carbons (Fsp3) is 0.500. The van der Waals surface area contributed by atoms with Gasteiger partial charge in [0.2, 0.25) is 0 Å². The van der Waals surface area contributed by atoms with Crippen LogP contribution < -0.4 is 0 Å². The Balaban J connectivity index is 3.26. The van der Waals surface area contributed by atoms with E-state index < -0.39 is 0 Å². The molecule has 66 valence electrons. The maximum atomic E-state index is 13.5. The molecule has 2 heteroatoms. The lowest BCUT2D eigenvalue weighted by Gasteiger charge is -2.19. The molecule has 0 atom stereocenters. The van der Waals surface area contributed by atoms with Crippen LogP contribution in [0, 0.1) is 12.7 Å². The van der Waals surface area contributed by atoms with Crippen molar-refractivity contribution in [1.82, 2.24) is 4.98 Å². The van der Waals surface area contributed by atoms with Crippen LogP contribution >= 0.6 is 0 Å². The Bertz CT molecular complexity index is 286. The van der Waals surface area contributed by atoms with Crippen LogP contribution in [0.3, 0.4) is 0 Å². The third-order valence-corrected chi connectivity index (χ3v) is 1.86. The lowest BCUT2D eigenvalue weighted by atomic mass is 9.87. The summed E-state index contributed by atoms with van der Waals surface area (Å²) in [4.78, 5) is 3.97. The third-order valence-electron chi connectivity index (χ3n) is 1.86. The average molecular weight is 167 g/mol. The first-order valence-electron chi connectivity index (χ1n) is 4.03. The van der Waals surface area contributed by atoms with Gasteiger partial charge in [-0.2, -0.15) is 0 Å². The summed E-state index contributed by atoms with van der Waals surface area (Å²) in [5.41, 5.74) is 1.13. The topological polar surface area (TPSA) is 12.9 Å². The molecule has 0 saturated heterocycles. The van der Waals surface area contributed by atoms with Crippen LogP contribution in [-0.2, 0) is 5.41 Å². The second-order valence-corrected chi connectivity index (χ2v) is 4.07. The Morgan fingerprint density at radius 2 is 1.83 bits per heavy atom. The van der Waals surface area contributed by atoms with Gasteiger partial charge in [-0.05, 0) is 12.3 Å². The van der Waals surface area contributed by atoms with Crippen molar-refractivity contribution in [3.63, 3.8) is 0 Å². The van der Waals surface area contributed by atoms with Crippen molar-refractivity contribution in [3.05, 3.63) is 29.3 Å². The van der Waals surface area contributed by atoms with E-state index in [1.165, 1.54) is 0 Å². The standard InChI is InChI=1S/C10H14FN/c1-7-5-12-6-8(9(7)11)10(2,3)4/h5-6H,1-4H3. The molecule has 0 aromatic carbocycles. The number of halogens is 1. The summed E-state index contributed by atoms with van der Waals surface area (Å²) in [6.45, 7) is 7.67. The largest absolute Gasteiger partial charge is 0.264 e. The zero-order valence-electron chi connectivity index (χ0n) is 7.98. The van der Waals surface area contributed by atoms with E-state index in [1.54, 1.807) is 19.3 Å². The van der Waals surface area contributed by atoms with E-state index in [2.05, 4.69) is 4.98 Å². The highest BCUT2D eigenvalue weighted by Crippen LogP contribution is 2.25. The summed E-state index contributed by atoms with van der Waals surface area (Å²) >= 11 is 0. The zero-order valence-corrected chi connectivity index (χ0v) is 7.98. The molecule has 0 N–H and O–H groups in total. The minimum absolute atomic E-state index is 0.127. The number of pyridine rings is 1. The Labute approximate surface area is 72.6 Å². The number of aromatic nitrogens is 1. The van der Waals surface area contributed by atoms with Crippen LogP contribution in [0.2, 0.25) is 0 Å². The van der Waals surface area contributed by atoms with E-state index >= 15 is 0 Å². The van der Waals surface area contributed by atoms with Crippen molar-refractivity contribution in [1.29, 1.82) is 0 Å². The SMILES string of the molecule is Cc1cncc(C(C)(C)C)c1F. The van der Waals surface area contributed by atoms with E-state index in [4.69, 9.17) is 0 Å². The summed E-state index contributed by atoms with van der Waals surface area (Å²) in [5.74, 6) is -0.127. The molecule has 0 bridgehead atoms. The molecule has 0 amide bonds. The van der Waals surface area contributed by atoms with Crippen molar-refractivity contribution < 1.29 is 4.39 Å². The number of nitrogens with zero attached hydrogens (tertiary/aromatic N) is 1. The normalized spacial score (nSPS) is 11.8. The van der Waals surface area contributed by atoms with Gasteiger partial charge in [0.15, 0.2) is 0 Å². The molecule has 0 radical (unpaired) electrons. The molecule has 0 spiro atoms. The highest BCUT2D eigenvalue weighted by molar-refractivity contribution is 5.25. The van der Waals surface area contributed by atoms with Crippen molar-refractivity contribution in [2.75, 3.05) is 0 Å². The minimum Gasteiger partial charge on any atom is -0.264 e. The molecule has 1 aromatic heterocycles. The number of hydrogen-bond acceptors (Lipinski definition) is 1. The molecule has 0 unspecified atom stereocenters. The van der Waals surface area contributed by atoms with Crippen LogP contribution in [0.25, 0.3) is 0 Å². The highest BCUT2D eigenvalue weighted by atomic mass is 19.1. The van der Waals surface area contributed by atoms with Crippen molar-refractivity contribution in [2.24, 2.45) is 0 Å². The summed E-state index contributed by atoms with van der Waals surface area (Å²) < 4.78 is 13.5. The first kappa shape index (κ1) is 9.17. The molecule has 0 aliphatic carbocycles. The molecule has 0 aliphatic heterocycles. The molecular formula is C10H14FN. The van der Waals surface area contributed by atoms with Gasteiger partial charge in [-0.15, -0.1) is 0 Å². The molecule has 12 heavy (non-hydrogen) atoms. The number of hydrogen-bond donors (Lipinski definition) is 0. The van der Waals surface area contributed by atoms with Crippen LogP contribution in [0.4, 0.5) is 4.39 Å². The van der Waals surface area contributed by atoms with Gasteiger partial charge in [-0.3, -0.25) is 4.98 Å². The third kappa shape index (κ3) is 1.63. The van der Waals surface area contributed by atoms with E-state index in [-0.39, 0.29) is 11.2 Å². The fourth-order valence-electron chi connectivity index (χ4n) is 1.07. The molecule has 0 saturated carbocycles. The monoisotopic (exact) mass is 167 g/mol. The predicted octanol–water partition coefficient (Wildman–Crippen LogP) is 2.83. The Hall–Kier alpha value is -0.920. The Morgan fingerprint density at radius 3 is 2.25 bits per heavy atom. The van der Waals surface area contributed by atoms with Gasteiger partial charge >= 0.3 is 0 Å². The van der Waals surface area contributed by atoms with Crippen LogP contribution in [-0.4, -0.2) is 4.98 Å². The quantitative estimate of drug-likeness (QED) is 0.579. The van der Waals surface area contributed by atoms with Gasteiger partial charge in [0.1, 0.15) is 5.82 Å². The van der Waals surface area contributed by atoms with Crippen molar-refractivity contribution >= 4 is 0 Å². The second-order valence-electron chi connectivity index (χ2n) is 4.07. The molecule has 0 fully saturated rings. The molecular weight excluding hydrogens is 153 g/mol. The summed E-state index contributed by atoms with van der Waals surface area (Å²) in [6, 6.07) is 0. The highest BCUT2D eigenvalue weighted by Gasteiger charge is 2.19. The lowest BCUT2D eigenvalue weighted by molar-refractivity contribution is 0.515. The van der Waals surface area contributed by atoms with E-state index in [0.29, 0.717) is 11.1 Å². The zero-order chi connectivity index (χ0) is 9.35. The molecule has 1 aromatic rings. The Kier molecular flexibility index (Phi) is 2.18. The van der Waals surface area contributed by atoms with Gasteiger partial charge in [0.05, 0.1) is 0 Å². The van der Waals surface area contributed by atoms with Gasteiger partial charge in [-0.25, -0.2) is 4.39 Å². The molecule has 1 rings (SSSR count). The molecule has 0 aliphatic rings. The minimum atomic E-state index is -0.164. The van der Waals surface area contributed by atoms with Gasteiger partial charge in [0, 0.05) is 23.5 Å². The van der Waals surface area contributed by atoms with Gasteiger partial charge in [-0.1, -0.05) is 20.8 Å². The molecule has 1 heterocycles. The van der Waals surface area contributed by atoms with Crippen LogP contribution in [0.5, 0.6) is 0 Å². The number of rotatable bonds is 0.